The van der Waals surface area contributed by atoms with Crippen molar-refractivity contribution in [3.8, 4) is 6.07 Å². The molecule has 30 heavy (non-hydrogen) atoms. The van der Waals surface area contributed by atoms with Gasteiger partial charge in [0.15, 0.2) is 5.82 Å². The van der Waals surface area contributed by atoms with E-state index in [-0.39, 0.29) is 11.9 Å². The first-order valence-corrected chi connectivity index (χ1v) is 10.0. The molecule has 1 atom stereocenters. The number of carbonyl (C=O) groups is 1. The number of carbonyl (C=O) groups excluding carboxylic acids is 1. The van der Waals surface area contributed by atoms with Crippen LogP contribution in [0.15, 0.2) is 30.3 Å². The summed E-state index contributed by atoms with van der Waals surface area (Å²) >= 11 is 0. The first-order chi connectivity index (χ1) is 14.2. The van der Waals surface area contributed by atoms with E-state index in [1.54, 1.807) is 4.90 Å². The van der Waals surface area contributed by atoms with Gasteiger partial charge in [-0.15, -0.1) is 5.10 Å². The predicted octanol–water partition coefficient (Wildman–Crippen LogP) is 4.55. The molecule has 152 valence electrons. The smallest absolute Gasteiger partial charge is 0.236 e. The zero-order valence-corrected chi connectivity index (χ0v) is 18.2. The lowest BCUT2D eigenvalue weighted by molar-refractivity contribution is -0.121. The highest BCUT2D eigenvalue weighted by molar-refractivity contribution is 6.10. The Morgan fingerprint density at radius 2 is 1.90 bits per heavy atom. The third-order valence-corrected chi connectivity index (χ3v) is 6.27. The van der Waals surface area contributed by atoms with Crippen molar-refractivity contribution in [1.82, 2.24) is 10.2 Å². The minimum atomic E-state index is -0.566. The van der Waals surface area contributed by atoms with Crippen molar-refractivity contribution in [2.24, 2.45) is 0 Å². The fourth-order valence-electron chi connectivity index (χ4n) is 4.37. The van der Waals surface area contributed by atoms with E-state index >= 15 is 0 Å². The molecule has 1 aliphatic heterocycles. The van der Waals surface area contributed by atoms with Gasteiger partial charge >= 0.3 is 0 Å². The molecule has 1 amide bonds. The van der Waals surface area contributed by atoms with E-state index in [2.05, 4.69) is 27.6 Å². The summed E-state index contributed by atoms with van der Waals surface area (Å²) in [6, 6.07) is 12.0. The van der Waals surface area contributed by atoms with Gasteiger partial charge in [0.05, 0.1) is 28.8 Å². The first kappa shape index (κ1) is 19.8. The van der Waals surface area contributed by atoms with Gasteiger partial charge in [-0.3, -0.25) is 4.79 Å². The Balaban J connectivity index is 1.83. The maximum atomic E-state index is 12.7. The fourth-order valence-corrected chi connectivity index (χ4v) is 4.37. The average molecular weight is 399 g/mol. The molecule has 1 aliphatic rings. The molecule has 6 heteroatoms. The summed E-state index contributed by atoms with van der Waals surface area (Å²) in [6.07, 6.45) is 0. The normalized spacial score (nSPS) is 15.8. The van der Waals surface area contributed by atoms with Crippen molar-refractivity contribution in [1.29, 1.82) is 5.26 Å². The molecular weight excluding hydrogens is 374 g/mol. The number of hydrogen-bond acceptors (Lipinski definition) is 5. The molecule has 1 N–H and O–H groups in total. The minimum absolute atomic E-state index is 0.0671. The van der Waals surface area contributed by atoms with Crippen LogP contribution in [-0.4, -0.2) is 23.2 Å². The van der Waals surface area contributed by atoms with Crippen molar-refractivity contribution in [3.05, 3.63) is 58.3 Å². The van der Waals surface area contributed by atoms with Crippen LogP contribution in [0.3, 0.4) is 0 Å². The Morgan fingerprint density at radius 3 is 2.60 bits per heavy atom. The van der Waals surface area contributed by atoms with Crippen LogP contribution in [0.2, 0.25) is 0 Å². The first-order valence-electron chi connectivity index (χ1n) is 10.0. The average Bonchev–Trinajstić information content (AvgIpc) is 2.89. The van der Waals surface area contributed by atoms with Crippen LogP contribution in [0, 0.1) is 25.2 Å². The molecule has 0 saturated heterocycles. The van der Waals surface area contributed by atoms with Crippen LogP contribution in [0.5, 0.6) is 0 Å². The molecule has 0 fully saturated rings. The molecule has 0 radical (unpaired) electrons. The van der Waals surface area contributed by atoms with Crippen molar-refractivity contribution in [3.63, 3.8) is 0 Å². The van der Waals surface area contributed by atoms with Crippen LogP contribution < -0.4 is 10.2 Å². The summed E-state index contributed by atoms with van der Waals surface area (Å²) in [5, 5.41) is 23.5. The van der Waals surface area contributed by atoms with Crippen molar-refractivity contribution in [2.45, 2.75) is 46.1 Å². The van der Waals surface area contributed by atoms with Crippen LogP contribution in [0.4, 0.5) is 11.5 Å². The highest BCUT2D eigenvalue weighted by atomic mass is 16.2. The molecule has 4 rings (SSSR count). The highest BCUT2D eigenvalue weighted by Gasteiger charge is 2.42. The van der Waals surface area contributed by atoms with Crippen molar-refractivity contribution < 1.29 is 4.79 Å². The van der Waals surface area contributed by atoms with Gasteiger partial charge < -0.3 is 10.2 Å². The van der Waals surface area contributed by atoms with E-state index in [0.29, 0.717) is 11.4 Å². The lowest BCUT2D eigenvalue weighted by Gasteiger charge is -2.20. The van der Waals surface area contributed by atoms with Crippen molar-refractivity contribution in [2.75, 3.05) is 17.3 Å². The van der Waals surface area contributed by atoms with Crippen LogP contribution in [-0.2, 0) is 10.2 Å². The number of nitrogens with one attached hydrogen (secondary N) is 1. The van der Waals surface area contributed by atoms with Gasteiger partial charge in [-0.1, -0.05) is 12.1 Å². The van der Waals surface area contributed by atoms with Gasteiger partial charge in [0.1, 0.15) is 0 Å². The maximum Gasteiger partial charge on any atom is 0.236 e. The van der Waals surface area contributed by atoms with E-state index in [0.717, 1.165) is 38.8 Å². The number of likely N-dealkylation sites (N-methyl/N-ethyl adjacent to an activating group) is 1. The Labute approximate surface area is 176 Å². The second-order valence-electron chi connectivity index (χ2n) is 8.54. The number of nitriles is 1. The monoisotopic (exact) mass is 399 g/mol. The number of benzene rings is 2. The van der Waals surface area contributed by atoms with Crippen LogP contribution in [0.1, 0.15) is 54.8 Å². The second kappa shape index (κ2) is 6.81. The Bertz CT molecular complexity index is 1240. The maximum absolute atomic E-state index is 12.7. The molecule has 0 saturated carbocycles. The van der Waals surface area contributed by atoms with Gasteiger partial charge in [0, 0.05) is 23.5 Å². The van der Waals surface area contributed by atoms with Crippen LogP contribution in [0.25, 0.3) is 10.8 Å². The third kappa shape index (κ3) is 2.81. The topological polar surface area (TPSA) is 81.9 Å². The van der Waals surface area contributed by atoms with E-state index < -0.39 is 5.41 Å². The fraction of sp³-hybridized carbons (Fsp3) is 0.333. The summed E-state index contributed by atoms with van der Waals surface area (Å²) in [6.45, 7) is 9.85. The lowest BCUT2D eigenvalue weighted by Crippen LogP contribution is -2.33. The number of anilines is 2. The molecule has 1 aromatic heterocycles. The second-order valence-corrected chi connectivity index (χ2v) is 8.54. The number of aromatic nitrogens is 2. The SMILES string of the molecule is Cc1c(C#N)cccc1[C@@H](C)Nc1nnc(C)c2cc3c(cc12)N(C)C(=O)C3(C)C. The van der Waals surface area contributed by atoms with E-state index in [1.807, 2.05) is 65.9 Å². The summed E-state index contributed by atoms with van der Waals surface area (Å²) in [4.78, 5) is 14.5. The van der Waals surface area contributed by atoms with E-state index in [9.17, 15) is 10.1 Å². The number of aryl methyl sites for hydroxylation is 1. The van der Waals surface area contributed by atoms with E-state index in [1.165, 1.54) is 0 Å². The van der Waals surface area contributed by atoms with Crippen molar-refractivity contribution >= 4 is 28.2 Å². The van der Waals surface area contributed by atoms with Gasteiger partial charge in [0.2, 0.25) is 5.91 Å². The van der Waals surface area contributed by atoms with Gasteiger partial charge in [-0.25, -0.2) is 0 Å². The summed E-state index contributed by atoms with van der Waals surface area (Å²) in [5.74, 6) is 0.747. The molecular formula is C24H25N5O. The van der Waals surface area contributed by atoms with Crippen LogP contribution >= 0.6 is 0 Å². The molecule has 6 nitrogen and oxygen atoms in total. The predicted molar refractivity (Wildman–Crippen MR) is 119 cm³/mol. The standard InChI is InChI=1S/C24H25N5O/c1-13-16(12-25)8-7-9-17(13)14(2)26-22-19-11-21-20(10-18(19)15(3)27-28-22)24(4,5)23(30)29(21)6/h7-11,14H,1-6H3,(H,26,28)/t14-/m1/s1. The highest BCUT2D eigenvalue weighted by Crippen LogP contribution is 2.44. The Morgan fingerprint density at radius 1 is 1.17 bits per heavy atom. The van der Waals surface area contributed by atoms with Gasteiger partial charge in [0.25, 0.3) is 0 Å². The quantitative estimate of drug-likeness (QED) is 0.699. The molecule has 0 aliphatic carbocycles. The lowest BCUT2D eigenvalue weighted by atomic mass is 9.85. The summed E-state index contributed by atoms with van der Waals surface area (Å²) < 4.78 is 0. The third-order valence-electron chi connectivity index (χ3n) is 6.27. The summed E-state index contributed by atoms with van der Waals surface area (Å²) in [5.41, 5.74) is 4.84. The number of hydrogen-bond donors (Lipinski definition) is 1. The molecule has 2 aromatic carbocycles. The molecule has 0 bridgehead atoms. The molecule has 0 spiro atoms. The minimum Gasteiger partial charge on any atom is -0.362 e. The Kier molecular flexibility index (Phi) is 4.50. The molecule has 0 unspecified atom stereocenters. The number of fused-ring (bicyclic) bond motifs is 2. The van der Waals surface area contributed by atoms with Gasteiger partial charge in [-0.2, -0.15) is 10.4 Å². The largest absolute Gasteiger partial charge is 0.362 e. The van der Waals surface area contributed by atoms with Gasteiger partial charge in [-0.05, 0) is 69.5 Å². The zero-order chi connectivity index (χ0) is 21.8. The zero-order valence-electron chi connectivity index (χ0n) is 18.2. The number of amides is 1. The number of rotatable bonds is 3. The molecule has 2 heterocycles. The number of nitrogens with zero attached hydrogens (tertiary/aromatic N) is 4. The Hall–Kier alpha value is -3.46. The molecule has 3 aromatic rings. The summed E-state index contributed by atoms with van der Waals surface area (Å²) in [7, 11) is 1.82. The van der Waals surface area contributed by atoms with E-state index in [4.69, 9.17) is 0 Å².